The highest BCUT2D eigenvalue weighted by molar-refractivity contribution is 5.02. The molecule has 0 amide bonds. The molecule has 0 saturated heterocycles. The molecule has 1 aromatic heterocycles. The minimum Gasteiger partial charge on any atom is -0.348 e. The lowest BCUT2D eigenvalue weighted by Crippen LogP contribution is -2.17. The largest absolute Gasteiger partial charge is 0.348 e. The fraction of sp³-hybridized carbons (Fsp3) is 0.625. The predicted octanol–water partition coefficient (Wildman–Crippen LogP) is 2.34. The van der Waals surface area contributed by atoms with Gasteiger partial charge in [-0.3, -0.25) is 0 Å². The van der Waals surface area contributed by atoms with Crippen LogP contribution >= 0.6 is 0 Å². The van der Waals surface area contributed by atoms with E-state index in [4.69, 9.17) is 0 Å². The smallest absolute Gasteiger partial charge is 0.111 e. The Morgan fingerprint density at radius 2 is 2.40 bits per heavy atom. The Labute approximate surface area is 63.2 Å². The number of hydrogen-bond donors (Lipinski definition) is 1. The SMILES string of the molecule is CCC(C)(C)c1ncc[nH]1.[HH]. The maximum Gasteiger partial charge on any atom is 0.111 e. The molecule has 0 atom stereocenters. The fourth-order valence-electron chi connectivity index (χ4n) is 0.803. The highest BCUT2D eigenvalue weighted by Gasteiger charge is 2.19. The van der Waals surface area contributed by atoms with Gasteiger partial charge in [-0.25, -0.2) is 4.98 Å². The van der Waals surface area contributed by atoms with Gasteiger partial charge in [-0.15, -0.1) is 0 Å². The summed E-state index contributed by atoms with van der Waals surface area (Å²) in [6, 6.07) is 0. The van der Waals surface area contributed by atoms with E-state index in [1.54, 1.807) is 6.20 Å². The second-order valence-electron chi connectivity index (χ2n) is 3.18. The first kappa shape index (κ1) is 7.32. The molecule has 0 spiro atoms. The van der Waals surface area contributed by atoms with Crippen LogP contribution in [0.4, 0.5) is 0 Å². The van der Waals surface area contributed by atoms with Crippen molar-refractivity contribution >= 4 is 0 Å². The first-order chi connectivity index (χ1) is 4.67. The maximum atomic E-state index is 4.20. The number of hydrogen-bond acceptors (Lipinski definition) is 1. The van der Waals surface area contributed by atoms with Crippen molar-refractivity contribution < 1.29 is 1.43 Å². The molecule has 0 aliphatic heterocycles. The molecule has 0 saturated carbocycles. The number of H-pyrrole nitrogens is 1. The number of nitrogens with zero attached hydrogens (tertiary/aromatic N) is 1. The molecule has 0 aromatic carbocycles. The topological polar surface area (TPSA) is 28.7 Å². The number of aromatic nitrogens is 2. The van der Waals surface area contributed by atoms with E-state index in [-0.39, 0.29) is 6.84 Å². The van der Waals surface area contributed by atoms with Crippen LogP contribution in [-0.2, 0) is 5.41 Å². The summed E-state index contributed by atoms with van der Waals surface area (Å²) in [6.07, 6.45) is 4.78. The van der Waals surface area contributed by atoms with Gasteiger partial charge in [0.05, 0.1) is 0 Å². The second kappa shape index (κ2) is 2.45. The number of imidazole rings is 1. The Hall–Kier alpha value is -0.790. The van der Waals surface area contributed by atoms with E-state index in [1.807, 2.05) is 6.20 Å². The third-order valence-electron chi connectivity index (χ3n) is 2.02. The van der Waals surface area contributed by atoms with Gasteiger partial charge in [-0.2, -0.15) is 0 Å². The van der Waals surface area contributed by atoms with Gasteiger partial charge < -0.3 is 4.98 Å². The van der Waals surface area contributed by atoms with E-state index >= 15 is 0 Å². The first-order valence-corrected chi connectivity index (χ1v) is 3.66. The molecule has 0 bridgehead atoms. The average molecular weight is 140 g/mol. The summed E-state index contributed by atoms with van der Waals surface area (Å²) in [5.74, 6) is 1.08. The van der Waals surface area contributed by atoms with E-state index in [0.29, 0.717) is 0 Å². The molecule has 0 fully saturated rings. The zero-order valence-corrected chi connectivity index (χ0v) is 6.81. The molecule has 0 radical (unpaired) electrons. The summed E-state index contributed by atoms with van der Waals surface area (Å²) < 4.78 is 0. The van der Waals surface area contributed by atoms with Crippen LogP contribution in [0.3, 0.4) is 0 Å². The van der Waals surface area contributed by atoms with Crippen LogP contribution in [0.25, 0.3) is 0 Å². The van der Waals surface area contributed by atoms with Crippen molar-refractivity contribution in [2.24, 2.45) is 0 Å². The molecule has 2 nitrogen and oxygen atoms in total. The summed E-state index contributed by atoms with van der Waals surface area (Å²) in [7, 11) is 0. The number of aromatic amines is 1. The first-order valence-electron chi connectivity index (χ1n) is 3.66. The van der Waals surface area contributed by atoms with Crippen molar-refractivity contribution in [3.05, 3.63) is 18.2 Å². The van der Waals surface area contributed by atoms with Gasteiger partial charge in [0.15, 0.2) is 0 Å². The van der Waals surface area contributed by atoms with Crippen molar-refractivity contribution in [1.29, 1.82) is 0 Å². The van der Waals surface area contributed by atoms with E-state index < -0.39 is 0 Å². The Morgan fingerprint density at radius 1 is 1.70 bits per heavy atom. The van der Waals surface area contributed by atoms with Crippen molar-refractivity contribution in [3.63, 3.8) is 0 Å². The zero-order valence-electron chi connectivity index (χ0n) is 6.81. The summed E-state index contributed by atoms with van der Waals surface area (Å²) in [5, 5.41) is 0. The molecule has 1 heterocycles. The monoisotopic (exact) mass is 140 g/mol. The van der Waals surface area contributed by atoms with Crippen LogP contribution in [0.1, 0.15) is 34.4 Å². The minimum absolute atomic E-state index is 0. The van der Waals surface area contributed by atoms with Crippen molar-refractivity contribution in [1.82, 2.24) is 9.97 Å². The van der Waals surface area contributed by atoms with Crippen molar-refractivity contribution in [3.8, 4) is 0 Å². The standard InChI is InChI=1S/C8H14N2.H2/c1-4-8(2,3)7-9-5-6-10-7;/h5-6H,4H2,1-3H3,(H,9,10);1H. The minimum atomic E-state index is 0. The van der Waals surface area contributed by atoms with Gasteiger partial charge in [-0.1, -0.05) is 20.8 Å². The maximum absolute atomic E-state index is 4.20. The van der Waals surface area contributed by atoms with Crippen molar-refractivity contribution in [2.75, 3.05) is 0 Å². The lowest BCUT2D eigenvalue weighted by Gasteiger charge is -2.18. The second-order valence-corrected chi connectivity index (χ2v) is 3.18. The van der Waals surface area contributed by atoms with E-state index in [2.05, 4.69) is 30.7 Å². The van der Waals surface area contributed by atoms with Gasteiger partial charge >= 0.3 is 0 Å². The van der Waals surface area contributed by atoms with Gasteiger partial charge in [0, 0.05) is 19.2 Å². The third kappa shape index (κ3) is 1.20. The molecule has 58 valence electrons. The summed E-state index contributed by atoms with van der Waals surface area (Å²) in [5.41, 5.74) is 0.198. The van der Waals surface area contributed by atoms with Crippen LogP contribution in [0.15, 0.2) is 12.4 Å². The van der Waals surface area contributed by atoms with Gasteiger partial charge in [0.1, 0.15) is 5.82 Å². The zero-order chi connectivity index (χ0) is 7.61. The van der Waals surface area contributed by atoms with Crippen LogP contribution in [0.5, 0.6) is 0 Å². The van der Waals surface area contributed by atoms with Gasteiger partial charge in [-0.05, 0) is 6.42 Å². The molecule has 10 heavy (non-hydrogen) atoms. The van der Waals surface area contributed by atoms with Crippen LogP contribution in [-0.4, -0.2) is 9.97 Å². The molecule has 0 aliphatic rings. The average Bonchev–Trinajstić information content (AvgIpc) is 2.38. The molecule has 2 heteroatoms. The molecule has 1 aromatic rings. The highest BCUT2D eigenvalue weighted by atomic mass is 14.9. The van der Waals surface area contributed by atoms with Crippen molar-refractivity contribution in [2.45, 2.75) is 32.6 Å². The molecule has 1 N–H and O–H groups in total. The van der Waals surface area contributed by atoms with Gasteiger partial charge in [0.2, 0.25) is 0 Å². The Kier molecular flexibility index (Phi) is 1.79. The Bertz CT molecular complexity index is 192. The van der Waals surface area contributed by atoms with Crippen LogP contribution in [0.2, 0.25) is 0 Å². The fourth-order valence-corrected chi connectivity index (χ4v) is 0.803. The molecule has 1 rings (SSSR count). The highest BCUT2D eigenvalue weighted by Crippen LogP contribution is 2.22. The molecule has 0 unspecified atom stereocenters. The quantitative estimate of drug-likeness (QED) is 0.671. The van der Waals surface area contributed by atoms with Crippen LogP contribution in [0, 0.1) is 0 Å². The normalized spacial score (nSPS) is 11.9. The van der Waals surface area contributed by atoms with E-state index in [0.717, 1.165) is 12.2 Å². The predicted molar refractivity (Wildman–Crippen MR) is 44.0 cm³/mol. The Morgan fingerprint density at radius 3 is 2.80 bits per heavy atom. The lowest BCUT2D eigenvalue weighted by molar-refractivity contribution is 0.477. The Balaban J connectivity index is 0.000001000. The molecule has 0 aliphatic carbocycles. The number of nitrogens with one attached hydrogen (secondary N) is 1. The molecular weight excluding hydrogens is 124 g/mol. The third-order valence-corrected chi connectivity index (χ3v) is 2.02. The van der Waals surface area contributed by atoms with E-state index in [1.165, 1.54) is 0 Å². The van der Waals surface area contributed by atoms with Crippen LogP contribution < -0.4 is 0 Å². The van der Waals surface area contributed by atoms with Gasteiger partial charge in [0.25, 0.3) is 0 Å². The summed E-state index contributed by atoms with van der Waals surface area (Å²) in [4.78, 5) is 7.32. The lowest BCUT2D eigenvalue weighted by atomic mass is 9.90. The summed E-state index contributed by atoms with van der Waals surface area (Å²) in [6.45, 7) is 6.54. The number of rotatable bonds is 2. The van der Waals surface area contributed by atoms with E-state index in [9.17, 15) is 0 Å². The molecular formula is C8H16N2. The summed E-state index contributed by atoms with van der Waals surface area (Å²) >= 11 is 0.